The van der Waals surface area contributed by atoms with Crippen LogP contribution in [0.3, 0.4) is 0 Å². The highest BCUT2D eigenvalue weighted by Crippen LogP contribution is 2.23. The number of benzene rings is 2. The predicted octanol–water partition coefficient (Wildman–Crippen LogP) is 4.30. The summed E-state index contributed by atoms with van der Waals surface area (Å²) >= 11 is 0. The first kappa shape index (κ1) is 14.6. The Morgan fingerprint density at radius 1 is 1.00 bits per heavy atom. The second-order valence-corrected chi connectivity index (χ2v) is 5.06. The molecule has 0 bridgehead atoms. The van der Waals surface area contributed by atoms with Crippen LogP contribution in [0.1, 0.15) is 43.0 Å². The molecule has 106 valence electrons. The van der Waals surface area contributed by atoms with Crippen molar-refractivity contribution >= 4 is 5.69 Å². The van der Waals surface area contributed by atoms with Gasteiger partial charge in [-0.15, -0.1) is 0 Å². The van der Waals surface area contributed by atoms with Gasteiger partial charge in [-0.2, -0.15) is 0 Å². The highest BCUT2D eigenvalue weighted by atomic mass is 16.3. The van der Waals surface area contributed by atoms with Crippen molar-refractivity contribution in [1.82, 2.24) is 0 Å². The van der Waals surface area contributed by atoms with Crippen molar-refractivity contribution in [2.24, 2.45) is 0 Å². The molecule has 2 aromatic rings. The molecule has 0 heterocycles. The van der Waals surface area contributed by atoms with Crippen molar-refractivity contribution in [2.75, 3.05) is 5.32 Å². The number of nitrogens with one attached hydrogen (secondary N) is 1. The molecule has 2 heteroatoms. The molecule has 2 N–H and O–H groups in total. The van der Waals surface area contributed by atoms with Crippen LogP contribution < -0.4 is 5.32 Å². The molecule has 0 saturated carbocycles. The van der Waals surface area contributed by atoms with Crippen LogP contribution in [0.15, 0.2) is 48.5 Å². The van der Waals surface area contributed by atoms with E-state index in [4.69, 9.17) is 0 Å². The SMILES string of the molecule is CCc1ccc(C(CC)Nc2cccc(CO)c2)cc1. The molecular weight excluding hydrogens is 246 g/mol. The molecule has 1 atom stereocenters. The Kier molecular flexibility index (Phi) is 5.19. The predicted molar refractivity (Wildman–Crippen MR) is 84.8 cm³/mol. The van der Waals surface area contributed by atoms with E-state index in [9.17, 15) is 5.11 Å². The zero-order chi connectivity index (χ0) is 14.4. The van der Waals surface area contributed by atoms with Crippen LogP contribution in [0.2, 0.25) is 0 Å². The van der Waals surface area contributed by atoms with E-state index in [-0.39, 0.29) is 6.61 Å². The van der Waals surface area contributed by atoms with Crippen LogP contribution in [0.4, 0.5) is 5.69 Å². The Morgan fingerprint density at radius 3 is 2.35 bits per heavy atom. The summed E-state index contributed by atoms with van der Waals surface area (Å²) in [5, 5.41) is 12.7. The van der Waals surface area contributed by atoms with Crippen molar-refractivity contribution < 1.29 is 5.11 Å². The molecule has 0 aliphatic rings. The molecular formula is C18H23NO. The highest BCUT2D eigenvalue weighted by Gasteiger charge is 2.09. The smallest absolute Gasteiger partial charge is 0.0682 e. The van der Waals surface area contributed by atoms with E-state index in [1.807, 2.05) is 24.3 Å². The van der Waals surface area contributed by atoms with E-state index in [1.54, 1.807) is 0 Å². The quantitative estimate of drug-likeness (QED) is 0.819. The Hall–Kier alpha value is -1.80. The van der Waals surface area contributed by atoms with Gasteiger partial charge in [0.15, 0.2) is 0 Å². The van der Waals surface area contributed by atoms with E-state index in [0.717, 1.165) is 24.1 Å². The molecule has 0 saturated heterocycles. The standard InChI is InChI=1S/C18H23NO/c1-3-14-8-10-16(11-9-14)18(4-2)19-17-7-5-6-15(12-17)13-20/h5-12,18-20H,3-4,13H2,1-2H3. The summed E-state index contributed by atoms with van der Waals surface area (Å²) in [6.45, 7) is 4.43. The molecule has 0 amide bonds. The average molecular weight is 269 g/mol. The Bertz CT molecular complexity index is 533. The third-order valence-electron chi connectivity index (χ3n) is 3.65. The molecule has 0 radical (unpaired) electrons. The van der Waals surface area contributed by atoms with Gasteiger partial charge < -0.3 is 10.4 Å². The maximum absolute atomic E-state index is 9.20. The average Bonchev–Trinajstić information content (AvgIpc) is 2.53. The normalized spacial score (nSPS) is 12.2. The summed E-state index contributed by atoms with van der Waals surface area (Å²) < 4.78 is 0. The van der Waals surface area contributed by atoms with Crippen LogP contribution in [-0.4, -0.2) is 5.11 Å². The van der Waals surface area contributed by atoms with Crippen LogP contribution in [0.25, 0.3) is 0 Å². The summed E-state index contributed by atoms with van der Waals surface area (Å²) in [6.07, 6.45) is 2.10. The Labute approximate surface area is 121 Å². The number of aliphatic hydroxyl groups is 1. The van der Waals surface area contributed by atoms with Gasteiger partial charge in [-0.3, -0.25) is 0 Å². The summed E-state index contributed by atoms with van der Waals surface area (Å²) in [7, 11) is 0. The van der Waals surface area contributed by atoms with Crippen molar-refractivity contribution in [1.29, 1.82) is 0 Å². The molecule has 20 heavy (non-hydrogen) atoms. The maximum Gasteiger partial charge on any atom is 0.0682 e. The summed E-state index contributed by atoms with van der Waals surface area (Å²) in [4.78, 5) is 0. The summed E-state index contributed by atoms with van der Waals surface area (Å²) in [5.41, 5.74) is 4.67. The summed E-state index contributed by atoms with van der Waals surface area (Å²) in [5.74, 6) is 0. The number of anilines is 1. The molecule has 2 nitrogen and oxygen atoms in total. The summed E-state index contributed by atoms with van der Waals surface area (Å²) in [6, 6.07) is 17.1. The molecule has 0 fully saturated rings. The lowest BCUT2D eigenvalue weighted by atomic mass is 10.0. The number of hydrogen-bond acceptors (Lipinski definition) is 2. The zero-order valence-electron chi connectivity index (χ0n) is 12.3. The molecule has 2 rings (SSSR count). The molecule has 1 unspecified atom stereocenters. The van der Waals surface area contributed by atoms with E-state index in [2.05, 4.69) is 43.4 Å². The molecule has 0 aliphatic carbocycles. The van der Waals surface area contributed by atoms with Crippen LogP contribution in [-0.2, 0) is 13.0 Å². The molecule has 2 aromatic carbocycles. The van der Waals surface area contributed by atoms with Gasteiger partial charge in [-0.05, 0) is 41.7 Å². The number of aliphatic hydroxyl groups excluding tert-OH is 1. The van der Waals surface area contributed by atoms with Crippen LogP contribution in [0, 0.1) is 0 Å². The largest absolute Gasteiger partial charge is 0.392 e. The second-order valence-electron chi connectivity index (χ2n) is 5.06. The van der Waals surface area contributed by atoms with Gasteiger partial charge in [-0.25, -0.2) is 0 Å². The highest BCUT2D eigenvalue weighted by molar-refractivity contribution is 5.47. The lowest BCUT2D eigenvalue weighted by Gasteiger charge is -2.19. The van der Waals surface area contributed by atoms with Gasteiger partial charge in [0.05, 0.1) is 12.6 Å². The monoisotopic (exact) mass is 269 g/mol. The van der Waals surface area contributed by atoms with Gasteiger partial charge in [0.2, 0.25) is 0 Å². The first-order valence-corrected chi connectivity index (χ1v) is 7.32. The van der Waals surface area contributed by atoms with Gasteiger partial charge >= 0.3 is 0 Å². The first-order chi connectivity index (χ1) is 9.76. The third-order valence-corrected chi connectivity index (χ3v) is 3.65. The first-order valence-electron chi connectivity index (χ1n) is 7.32. The van der Waals surface area contributed by atoms with Crippen molar-refractivity contribution in [3.63, 3.8) is 0 Å². The fourth-order valence-corrected chi connectivity index (χ4v) is 2.37. The molecule has 0 spiro atoms. The lowest BCUT2D eigenvalue weighted by Crippen LogP contribution is -2.09. The number of rotatable bonds is 6. The minimum atomic E-state index is 0.0809. The minimum absolute atomic E-state index is 0.0809. The Morgan fingerprint density at radius 2 is 1.75 bits per heavy atom. The fraction of sp³-hybridized carbons (Fsp3) is 0.333. The van der Waals surface area contributed by atoms with Crippen LogP contribution in [0.5, 0.6) is 0 Å². The van der Waals surface area contributed by atoms with E-state index in [0.29, 0.717) is 6.04 Å². The zero-order valence-corrected chi connectivity index (χ0v) is 12.3. The van der Waals surface area contributed by atoms with E-state index < -0.39 is 0 Å². The van der Waals surface area contributed by atoms with Gasteiger partial charge in [-0.1, -0.05) is 50.2 Å². The van der Waals surface area contributed by atoms with E-state index >= 15 is 0 Å². The second kappa shape index (κ2) is 7.11. The third kappa shape index (κ3) is 3.61. The molecule has 0 aromatic heterocycles. The molecule has 0 aliphatic heterocycles. The van der Waals surface area contributed by atoms with Gasteiger partial charge in [0.25, 0.3) is 0 Å². The van der Waals surface area contributed by atoms with Gasteiger partial charge in [0.1, 0.15) is 0 Å². The van der Waals surface area contributed by atoms with Crippen molar-refractivity contribution in [2.45, 2.75) is 39.3 Å². The fourth-order valence-electron chi connectivity index (χ4n) is 2.37. The van der Waals surface area contributed by atoms with Crippen molar-refractivity contribution in [3.8, 4) is 0 Å². The topological polar surface area (TPSA) is 32.3 Å². The van der Waals surface area contributed by atoms with E-state index in [1.165, 1.54) is 11.1 Å². The minimum Gasteiger partial charge on any atom is -0.392 e. The lowest BCUT2D eigenvalue weighted by molar-refractivity contribution is 0.282. The Balaban J connectivity index is 2.14. The van der Waals surface area contributed by atoms with Crippen LogP contribution >= 0.6 is 0 Å². The maximum atomic E-state index is 9.20. The number of hydrogen-bond donors (Lipinski definition) is 2. The van der Waals surface area contributed by atoms with Gasteiger partial charge in [0, 0.05) is 5.69 Å². The number of aryl methyl sites for hydroxylation is 1. The van der Waals surface area contributed by atoms with Crippen molar-refractivity contribution in [3.05, 3.63) is 65.2 Å².